The number of ether oxygens (including phenoxy) is 1. The van der Waals surface area contributed by atoms with Crippen LogP contribution in [0.15, 0.2) is 53.5 Å². The maximum Gasteiger partial charge on any atom is 0.387 e. The Morgan fingerprint density at radius 2 is 1.96 bits per heavy atom. The number of pyridine rings is 1. The van der Waals surface area contributed by atoms with Gasteiger partial charge in [-0.1, -0.05) is 18.2 Å². The second-order valence-electron chi connectivity index (χ2n) is 5.61. The molecule has 26 heavy (non-hydrogen) atoms. The number of hydrogen-bond acceptors (Lipinski definition) is 4. The molecule has 0 saturated carbocycles. The Kier molecular flexibility index (Phi) is 4.97. The van der Waals surface area contributed by atoms with Crippen LogP contribution in [-0.4, -0.2) is 26.7 Å². The predicted molar refractivity (Wildman–Crippen MR) is 89.1 cm³/mol. The summed E-state index contributed by atoms with van der Waals surface area (Å²) < 4.78 is 31.0. The number of amides is 1. The van der Waals surface area contributed by atoms with Crippen molar-refractivity contribution >= 4 is 11.6 Å². The minimum atomic E-state index is -2.89. The zero-order valence-electron chi connectivity index (χ0n) is 13.8. The Bertz CT molecular complexity index is 966. The lowest BCUT2D eigenvalue weighted by Gasteiger charge is -2.14. The van der Waals surface area contributed by atoms with Crippen LogP contribution in [0.25, 0.3) is 5.65 Å². The Morgan fingerprint density at radius 3 is 2.62 bits per heavy atom. The van der Waals surface area contributed by atoms with Crippen LogP contribution < -0.4 is 15.7 Å². The lowest BCUT2D eigenvalue weighted by atomic mass is 10.1. The maximum atomic E-state index is 12.2. The van der Waals surface area contributed by atoms with Crippen molar-refractivity contribution in [3.8, 4) is 5.75 Å². The molecule has 0 aliphatic rings. The van der Waals surface area contributed by atoms with Crippen LogP contribution in [0, 0.1) is 0 Å². The molecule has 1 N–H and O–H groups in total. The van der Waals surface area contributed by atoms with E-state index in [4.69, 9.17) is 0 Å². The van der Waals surface area contributed by atoms with E-state index in [0.717, 1.165) is 4.68 Å². The summed E-state index contributed by atoms with van der Waals surface area (Å²) in [5.74, 6) is -0.352. The molecule has 1 amide bonds. The molecule has 2 aromatic heterocycles. The normalized spacial score (nSPS) is 12.3. The van der Waals surface area contributed by atoms with Crippen LogP contribution in [-0.2, 0) is 11.3 Å². The monoisotopic (exact) mass is 362 g/mol. The molecule has 0 bridgehead atoms. The first-order valence-electron chi connectivity index (χ1n) is 7.82. The highest BCUT2D eigenvalue weighted by Crippen LogP contribution is 2.19. The number of fused-ring (bicyclic) bond motifs is 1. The first-order valence-corrected chi connectivity index (χ1v) is 7.82. The molecule has 3 aromatic rings. The van der Waals surface area contributed by atoms with Crippen LogP contribution >= 0.6 is 0 Å². The molecule has 0 aliphatic heterocycles. The van der Waals surface area contributed by atoms with Gasteiger partial charge in [-0.2, -0.15) is 8.78 Å². The zero-order valence-corrected chi connectivity index (χ0v) is 13.8. The third-order valence-corrected chi connectivity index (χ3v) is 3.76. The summed E-state index contributed by atoms with van der Waals surface area (Å²) in [6.45, 7) is -1.37. The lowest BCUT2D eigenvalue weighted by Crippen LogP contribution is -2.34. The molecule has 0 saturated heterocycles. The molecular weight excluding hydrogens is 346 g/mol. The number of halogens is 2. The van der Waals surface area contributed by atoms with Crippen molar-refractivity contribution in [2.24, 2.45) is 0 Å². The highest BCUT2D eigenvalue weighted by Gasteiger charge is 2.14. The average Bonchev–Trinajstić information content (AvgIpc) is 2.91. The molecule has 0 spiro atoms. The quantitative estimate of drug-likeness (QED) is 0.727. The first-order chi connectivity index (χ1) is 12.4. The standard InChI is InChI=1S/C17H16F2N4O3/c1-11(12-5-7-13(8-6-12)26-16(18)19)20-15(24)10-23-17(25)22-9-3-2-4-14(22)21-23/h2-9,11,16H,10H2,1H3,(H,20,24)/t11-/m1/s1. The van der Waals surface area contributed by atoms with Crippen molar-refractivity contribution in [2.75, 3.05) is 0 Å². The highest BCUT2D eigenvalue weighted by molar-refractivity contribution is 5.76. The van der Waals surface area contributed by atoms with E-state index >= 15 is 0 Å². The van der Waals surface area contributed by atoms with E-state index in [9.17, 15) is 18.4 Å². The fourth-order valence-corrected chi connectivity index (χ4v) is 2.52. The van der Waals surface area contributed by atoms with Crippen LogP contribution in [0.2, 0.25) is 0 Å². The van der Waals surface area contributed by atoms with Crippen LogP contribution in [0.3, 0.4) is 0 Å². The maximum absolute atomic E-state index is 12.2. The number of nitrogens with zero attached hydrogens (tertiary/aromatic N) is 3. The minimum Gasteiger partial charge on any atom is -0.435 e. The van der Waals surface area contributed by atoms with Crippen molar-refractivity contribution in [2.45, 2.75) is 26.1 Å². The fourth-order valence-electron chi connectivity index (χ4n) is 2.52. The summed E-state index contributed by atoms with van der Waals surface area (Å²) >= 11 is 0. The minimum absolute atomic E-state index is 0.0403. The van der Waals surface area contributed by atoms with E-state index in [1.54, 1.807) is 43.5 Å². The van der Waals surface area contributed by atoms with E-state index in [2.05, 4.69) is 15.2 Å². The number of hydrogen-bond donors (Lipinski definition) is 1. The Hall–Kier alpha value is -3.23. The lowest BCUT2D eigenvalue weighted by molar-refractivity contribution is -0.122. The summed E-state index contributed by atoms with van der Waals surface area (Å²) in [4.78, 5) is 24.3. The van der Waals surface area contributed by atoms with Gasteiger partial charge in [-0.15, -0.1) is 5.10 Å². The van der Waals surface area contributed by atoms with Gasteiger partial charge in [0, 0.05) is 6.20 Å². The van der Waals surface area contributed by atoms with Gasteiger partial charge in [-0.05, 0) is 36.8 Å². The summed E-state index contributed by atoms with van der Waals surface area (Å²) in [5, 5.41) is 6.83. The average molecular weight is 362 g/mol. The van der Waals surface area contributed by atoms with Crippen molar-refractivity contribution in [1.82, 2.24) is 19.5 Å². The molecule has 136 valence electrons. The Labute approximate surface area is 146 Å². The molecule has 7 nitrogen and oxygen atoms in total. The SMILES string of the molecule is C[C@@H](NC(=O)Cn1nc2ccccn2c1=O)c1ccc(OC(F)F)cc1. The number of alkyl halides is 2. The summed E-state index contributed by atoms with van der Waals surface area (Å²) in [6.07, 6.45) is 1.57. The van der Waals surface area contributed by atoms with Crippen molar-refractivity contribution < 1.29 is 18.3 Å². The van der Waals surface area contributed by atoms with Crippen LogP contribution in [0.4, 0.5) is 8.78 Å². The van der Waals surface area contributed by atoms with E-state index in [-0.39, 0.29) is 18.3 Å². The molecule has 0 radical (unpaired) electrons. The molecule has 0 aliphatic carbocycles. The van der Waals surface area contributed by atoms with Crippen LogP contribution in [0.1, 0.15) is 18.5 Å². The molecule has 3 rings (SSSR count). The highest BCUT2D eigenvalue weighted by atomic mass is 19.3. The number of nitrogens with one attached hydrogen (secondary N) is 1. The smallest absolute Gasteiger partial charge is 0.387 e. The molecular formula is C17H16F2N4O3. The zero-order chi connectivity index (χ0) is 18.7. The van der Waals surface area contributed by atoms with E-state index in [1.165, 1.54) is 16.5 Å². The molecule has 2 heterocycles. The van der Waals surface area contributed by atoms with Gasteiger partial charge in [-0.25, -0.2) is 9.48 Å². The first kappa shape index (κ1) is 17.6. The third-order valence-electron chi connectivity index (χ3n) is 3.76. The largest absolute Gasteiger partial charge is 0.435 e. The van der Waals surface area contributed by atoms with Crippen molar-refractivity contribution in [3.63, 3.8) is 0 Å². The van der Waals surface area contributed by atoms with Gasteiger partial charge >= 0.3 is 12.3 Å². The van der Waals surface area contributed by atoms with Gasteiger partial charge < -0.3 is 10.1 Å². The molecule has 1 atom stereocenters. The van der Waals surface area contributed by atoms with Crippen molar-refractivity contribution in [1.29, 1.82) is 0 Å². The van der Waals surface area contributed by atoms with Gasteiger partial charge in [0.25, 0.3) is 0 Å². The van der Waals surface area contributed by atoms with Gasteiger partial charge in [0.2, 0.25) is 5.91 Å². The topological polar surface area (TPSA) is 77.6 Å². The number of benzene rings is 1. The third kappa shape index (κ3) is 3.88. The Morgan fingerprint density at radius 1 is 1.23 bits per heavy atom. The predicted octanol–water partition coefficient (Wildman–Crippen LogP) is 1.97. The van der Waals surface area contributed by atoms with E-state index in [1.807, 2.05) is 0 Å². The number of rotatable bonds is 6. The second-order valence-corrected chi connectivity index (χ2v) is 5.61. The fraction of sp³-hybridized carbons (Fsp3) is 0.235. The Balaban J connectivity index is 1.65. The summed E-state index contributed by atoms with van der Waals surface area (Å²) in [7, 11) is 0. The molecule has 0 fully saturated rings. The number of carbonyl (C=O) groups is 1. The summed E-state index contributed by atoms with van der Waals surface area (Å²) in [6, 6.07) is 10.7. The molecule has 0 unspecified atom stereocenters. The van der Waals surface area contributed by atoms with Gasteiger partial charge in [0.1, 0.15) is 12.3 Å². The van der Waals surface area contributed by atoms with Gasteiger partial charge in [0.15, 0.2) is 5.65 Å². The van der Waals surface area contributed by atoms with Gasteiger partial charge in [-0.3, -0.25) is 9.20 Å². The summed E-state index contributed by atoms with van der Waals surface area (Å²) in [5.41, 5.74) is 0.757. The second kappa shape index (κ2) is 7.34. The number of carbonyl (C=O) groups excluding carboxylic acids is 1. The van der Waals surface area contributed by atoms with Crippen molar-refractivity contribution in [3.05, 3.63) is 64.7 Å². The van der Waals surface area contributed by atoms with Crippen LogP contribution in [0.5, 0.6) is 5.75 Å². The van der Waals surface area contributed by atoms with Gasteiger partial charge in [0.05, 0.1) is 6.04 Å². The number of aromatic nitrogens is 3. The van der Waals surface area contributed by atoms with E-state index in [0.29, 0.717) is 11.2 Å². The molecule has 1 aromatic carbocycles. The molecule has 9 heteroatoms. The van der Waals surface area contributed by atoms with E-state index < -0.39 is 18.2 Å².